The summed E-state index contributed by atoms with van der Waals surface area (Å²) in [4.78, 5) is 27.5. The van der Waals surface area contributed by atoms with Crippen molar-refractivity contribution in [1.29, 1.82) is 0 Å². The van der Waals surface area contributed by atoms with Crippen molar-refractivity contribution in [2.75, 3.05) is 37.6 Å². The van der Waals surface area contributed by atoms with Gasteiger partial charge in [0.2, 0.25) is 5.91 Å². The number of hydrogen-bond acceptors (Lipinski definition) is 4. The Hall–Kier alpha value is -2.31. The van der Waals surface area contributed by atoms with E-state index in [0.717, 1.165) is 5.69 Å². The van der Waals surface area contributed by atoms with Gasteiger partial charge in [-0.05, 0) is 45.0 Å². The number of nitrogens with one attached hydrogen (secondary N) is 1. The van der Waals surface area contributed by atoms with E-state index in [1.165, 1.54) is 12.1 Å². The summed E-state index contributed by atoms with van der Waals surface area (Å²) in [6.45, 7) is 7.69. The maximum atomic E-state index is 13.0. The van der Waals surface area contributed by atoms with E-state index >= 15 is 0 Å². The first kappa shape index (κ1) is 18.0. The number of ether oxygens (including phenoxy) is 1. The molecule has 0 radical (unpaired) electrons. The summed E-state index contributed by atoms with van der Waals surface area (Å²) in [5.74, 6) is -0.402. The first-order valence-electron chi connectivity index (χ1n) is 8.00. The second-order valence-corrected chi connectivity index (χ2v) is 6.70. The number of hydrogen-bond donors (Lipinski definition) is 1. The Balaban J connectivity index is 1.76. The lowest BCUT2D eigenvalue weighted by molar-refractivity contribution is -0.130. The molecule has 0 spiro atoms. The number of nitrogens with zero attached hydrogens (tertiary/aromatic N) is 2. The molecule has 6 nitrogen and oxygen atoms in total. The van der Waals surface area contributed by atoms with Crippen molar-refractivity contribution in [3.05, 3.63) is 30.1 Å². The second kappa shape index (κ2) is 7.51. The number of piperazine rings is 1. The molecule has 1 aliphatic heterocycles. The van der Waals surface area contributed by atoms with Crippen LogP contribution in [0.15, 0.2) is 24.3 Å². The van der Waals surface area contributed by atoms with Gasteiger partial charge in [-0.2, -0.15) is 0 Å². The number of rotatable bonds is 3. The molecule has 1 aliphatic rings. The molecule has 24 heavy (non-hydrogen) atoms. The average Bonchev–Trinajstić information content (AvgIpc) is 2.52. The molecular formula is C17H24FN3O3. The van der Waals surface area contributed by atoms with E-state index in [0.29, 0.717) is 26.2 Å². The lowest BCUT2D eigenvalue weighted by Gasteiger charge is -2.36. The number of alkyl carbamates (subject to hydrolysis) is 1. The molecule has 132 valence electrons. The summed E-state index contributed by atoms with van der Waals surface area (Å²) in [6, 6.07) is 6.32. The Morgan fingerprint density at radius 2 is 1.71 bits per heavy atom. The zero-order chi connectivity index (χ0) is 17.7. The highest BCUT2D eigenvalue weighted by Gasteiger charge is 2.22. The zero-order valence-electron chi connectivity index (χ0n) is 14.3. The Bertz CT molecular complexity index is 576. The summed E-state index contributed by atoms with van der Waals surface area (Å²) in [5, 5.41) is 2.48. The molecule has 2 amide bonds. The van der Waals surface area contributed by atoms with Crippen LogP contribution in [0.1, 0.15) is 20.8 Å². The van der Waals surface area contributed by atoms with Crippen molar-refractivity contribution in [1.82, 2.24) is 10.2 Å². The minimum Gasteiger partial charge on any atom is -0.444 e. The van der Waals surface area contributed by atoms with Crippen molar-refractivity contribution in [3.8, 4) is 0 Å². The fourth-order valence-electron chi connectivity index (χ4n) is 2.44. The summed E-state index contributed by atoms with van der Waals surface area (Å²) in [7, 11) is 0. The molecule has 0 saturated carbocycles. The highest BCUT2D eigenvalue weighted by atomic mass is 19.1. The van der Waals surface area contributed by atoms with E-state index in [1.807, 2.05) is 0 Å². The minimum atomic E-state index is -0.596. The number of halogens is 1. The molecule has 0 aliphatic carbocycles. The van der Waals surface area contributed by atoms with Gasteiger partial charge in [0, 0.05) is 31.9 Å². The second-order valence-electron chi connectivity index (χ2n) is 6.70. The minimum absolute atomic E-state index is 0.0779. The van der Waals surface area contributed by atoms with E-state index in [-0.39, 0.29) is 18.3 Å². The molecule has 1 heterocycles. The predicted molar refractivity (Wildman–Crippen MR) is 89.4 cm³/mol. The zero-order valence-corrected chi connectivity index (χ0v) is 14.3. The van der Waals surface area contributed by atoms with Crippen LogP contribution in [0.2, 0.25) is 0 Å². The van der Waals surface area contributed by atoms with Crippen molar-refractivity contribution in [3.63, 3.8) is 0 Å². The van der Waals surface area contributed by atoms with Gasteiger partial charge in [-0.15, -0.1) is 0 Å². The predicted octanol–water partition coefficient (Wildman–Crippen LogP) is 2.00. The molecule has 0 atom stereocenters. The molecule has 0 unspecified atom stereocenters. The van der Waals surface area contributed by atoms with Crippen LogP contribution in [0.5, 0.6) is 0 Å². The number of carbonyl (C=O) groups excluding carboxylic acids is 2. The van der Waals surface area contributed by atoms with E-state index in [1.54, 1.807) is 37.8 Å². The van der Waals surface area contributed by atoms with E-state index in [4.69, 9.17) is 4.74 Å². The van der Waals surface area contributed by atoms with Gasteiger partial charge in [0.25, 0.3) is 0 Å². The molecule has 1 aromatic carbocycles. The van der Waals surface area contributed by atoms with E-state index in [2.05, 4.69) is 10.2 Å². The van der Waals surface area contributed by atoms with Crippen molar-refractivity contribution < 1.29 is 18.7 Å². The lowest BCUT2D eigenvalue weighted by Crippen LogP contribution is -2.51. The van der Waals surface area contributed by atoms with Crippen LogP contribution < -0.4 is 10.2 Å². The van der Waals surface area contributed by atoms with Gasteiger partial charge in [0.05, 0.1) is 0 Å². The van der Waals surface area contributed by atoms with E-state index < -0.39 is 11.7 Å². The van der Waals surface area contributed by atoms with Crippen LogP contribution in [-0.4, -0.2) is 55.2 Å². The van der Waals surface area contributed by atoms with Gasteiger partial charge in [-0.3, -0.25) is 4.79 Å². The standard InChI is InChI=1S/C17H24FN3O3/c1-17(2,3)24-16(23)19-12-15(22)21-10-8-20(9-11-21)14-6-4-13(18)5-7-14/h4-7H,8-12H2,1-3H3,(H,19,23). The monoisotopic (exact) mass is 337 g/mol. The Kier molecular flexibility index (Phi) is 5.64. The molecule has 1 aromatic rings. The molecule has 1 saturated heterocycles. The molecule has 7 heteroatoms. The fourth-order valence-corrected chi connectivity index (χ4v) is 2.44. The largest absolute Gasteiger partial charge is 0.444 e. The third-order valence-corrected chi connectivity index (χ3v) is 3.61. The van der Waals surface area contributed by atoms with Crippen LogP contribution in [0, 0.1) is 5.82 Å². The van der Waals surface area contributed by atoms with Gasteiger partial charge in [-0.25, -0.2) is 9.18 Å². The maximum absolute atomic E-state index is 13.0. The Morgan fingerprint density at radius 3 is 2.25 bits per heavy atom. The van der Waals surface area contributed by atoms with Crippen LogP contribution >= 0.6 is 0 Å². The molecular weight excluding hydrogens is 313 g/mol. The normalized spacial score (nSPS) is 15.2. The lowest BCUT2D eigenvalue weighted by atomic mass is 10.2. The van der Waals surface area contributed by atoms with Gasteiger partial charge in [0.15, 0.2) is 0 Å². The average molecular weight is 337 g/mol. The molecule has 1 N–H and O–H groups in total. The summed E-state index contributed by atoms with van der Waals surface area (Å²) in [6.07, 6.45) is -0.596. The quantitative estimate of drug-likeness (QED) is 0.916. The summed E-state index contributed by atoms with van der Waals surface area (Å²) in [5.41, 5.74) is 0.351. The Labute approximate surface area is 141 Å². The smallest absolute Gasteiger partial charge is 0.408 e. The van der Waals surface area contributed by atoms with Gasteiger partial charge >= 0.3 is 6.09 Å². The van der Waals surface area contributed by atoms with Gasteiger partial charge < -0.3 is 19.9 Å². The SMILES string of the molecule is CC(C)(C)OC(=O)NCC(=O)N1CCN(c2ccc(F)cc2)CC1. The van der Waals surface area contributed by atoms with Crippen LogP contribution in [0.25, 0.3) is 0 Å². The van der Waals surface area contributed by atoms with Crippen LogP contribution in [0.3, 0.4) is 0 Å². The summed E-state index contributed by atoms with van der Waals surface area (Å²) < 4.78 is 18.1. The fraction of sp³-hybridized carbons (Fsp3) is 0.529. The third-order valence-electron chi connectivity index (χ3n) is 3.61. The maximum Gasteiger partial charge on any atom is 0.408 e. The highest BCUT2D eigenvalue weighted by molar-refractivity contribution is 5.82. The summed E-state index contributed by atoms with van der Waals surface area (Å²) >= 11 is 0. The van der Waals surface area contributed by atoms with Gasteiger partial charge in [-0.1, -0.05) is 0 Å². The molecule has 0 bridgehead atoms. The third kappa shape index (κ3) is 5.40. The van der Waals surface area contributed by atoms with Crippen LogP contribution in [0.4, 0.5) is 14.9 Å². The first-order valence-corrected chi connectivity index (χ1v) is 8.00. The molecule has 1 fully saturated rings. The number of benzene rings is 1. The van der Waals surface area contributed by atoms with Gasteiger partial charge in [0.1, 0.15) is 18.0 Å². The number of anilines is 1. The van der Waals surface area contributed by atoms with E-state index in [9.17, 15) is 14.0 Å². The van der Waals surface area contributed by atoms with Crippen LogP contribution in [-0.2, 0) is 9.53 Å². The topological polar surface area (TPSA) is 61.9 Å². The number of carbonyl (C=O) groups is 2. The van der Waals surface area contributed by atoms with Crippen molar-refractivity contribution >= 4 is 17.7 Å². The Morgan fingerprint density at radius 1 is 1.12 bits per heavy atom. The van der Waals surface area contributed by atoms with Crippen molar-refractivity contribution in [2.24, 2.45) is 0 Å². The first-order chi connectivity index (χ1) is 11.2. The van der Waals surface area contributed by atoms with Crippen molar-refractivity contribution in [2.45, 2.75) is 26.4 Å². The molecule has 2 rings (SSSR count). The highest BCUT2D eigenvalue weighted by Crippen LogP contribution is 2.16. The molecule has 0 aromatic heterocycles. The number of amides is 2.